The number of nitrogens with two attached hydrogens (primary N) is 2. The number of nitrogens with one attached hydrogen (secondary N) is 2. The Labute approximate surface area is 399 Å². The van der Waals surface area contributed by atoms with Gasteiger partial charge in [0.05, 0.1) is 36.1 Å². The summed E-state index contributed by atoms with van der Waals surface area (Å²) in [6.45, 7) is 18.0. The SMILES string of the molecule is CCn1nc(C)cc1C(=O)Nc1nc2cc(C(N)=O)cc(OC)c2n1CCCCn1c(NC(=O)c2cc(C)nn2CC)nc2cc(C(N)=O)cc(OCCCN3CCN(C(=O)OC(C)(C)C)CC3)c21. The largest absolute Gasteiger partial charge is 0.494 e. The van der Waals surface area contributed by atoms with Crippen LogP contribution in [0.4, 0.5) is 16.7 Å². The molecule has 1 aliphatic heterocycles. The lowest BCUT2D eigenvalue weighted by molar-refractivity contribution is 0.0141. The molecular formula is C47H62N14O8. The van der Waals surface area contributed by atoms with Crippen LogP contribution in [0.3, 0.4) is 0 Å². The van der Waals surface area contributed by atoms with Crippen molar-refractivity contribution >= 4 is 63.7 Å². The van der Waals surface area contributed by atoms with E-state index >= 15 is 0 Å². The van der Waals surface area contributed by atoms with Gasteiger partial charge in [-0.1, -0.05) is 0 Å². The predicted molar refractivity (Wildman–Crippen MR) is 258 cm³/mol. The molecule has 5 heterocycles. The Morgan fingerprint density at radius 3 is 1.59 bits per heavy atom. The summed E-state index contributed by atoms with van der Waals surface area (Å²) in [5, 5.41) is 14.8. The second kappa shape index (κ2) is 20.8. The number of imidazole rings is 2. The van der Waals surface area contributed by atoms with Crippen LogP contribution < -0.4 is 31.6 Å². The smallest absolute Gasteiger partial charge is 0.410 e. The maximum atomic E-state index is 13.9. The molecule has 0 spiro atoms. The van der Waals surface area contributed by atoms with E-state index in [1.54, 1.807) is 44.6 Å². The first-order valence-electron chi connectivity index (χ1n) is 23.1. The highest BCUT2D eigenvalue weighted by Crippen LogP contribution is 2.34. The first-order chi connectivity index (χ1) is 32.9. The quantitative estimate of drug-likeness (QED) is 0.0785. The van der Waals surface area contributed by atoms with Crippen LogP contribution in [0.1, 0.15) is 107 Å². The van der Waals surface area contributed by atoms with Gasteiger partial charge in [0.25, 0.3) is 11.8 Å². The second-order valence-electron chi connectivity index (χ2n) is 17.9. The first kappa shape index (κ1) is 49.4. The zero-order chi connectivity index (χ0) is 49.7. The summed E-state index contributed by atoms with van der Waals surface area (Å²) in [7, 11) is 1.48. The number of aryl methyl sites for hydroxylation is 6. The van der Waals surface area contributed by atoms with Crippen molar-refractivity contribution in [2.45, 2.75) is 99.5 Å². The summed E-state index contributed by atoms with van der Waals surface area (Å²) in [6, 6.07) is 9.66. The Bertz CT molecular complexity index is 2900. The summed E-state index contributed by atoms with van der Waals surface area (Å²) < 4.78 is 24.6. The van der Waals surface area contributed by atoms with Crippen molar-refractivity contribution in [3.05, 3.63) is 70.3 Å². The van der Waals surface area contributed by atoms with Gasteiger partial charge in [-0.05, 0) is 104 Å². The number of primary amides is 2. The number of unbranched alkanes of at least 4 members (excludes halogenated alkanes) is 1. The number of piperazine rings is 1. The Balaban J connectivity index is 1.16. The van der Waals surface area contributed by atoms with Crippen LogP contribution >= 0.6 is 0 Å². The second-order valence-corrected chi connectivity index (χ2v) is 17.9. The van der Waals surface area contributed by atoms with E-state index in [2.05, 4.69) is 25.7 Å². The fraction of sp³-hybridized carbons (Fsp3) is 0.468. The minimum Gasteiger partial charge on any atom is -0.494 e. The molecule has 0 unspecified atom stereocenters. The lowest BCUT2D eigenvalue weighted by atomic mass is 10.1. The number of rotatable bonds is 19. The number of benzene rings is 2. The zero-order valence-electron chi connectivity index (χ0n) is 40.5. The summed E-state index contributed by atoms with van der Waals surface area (Å²) in [4.78, 5) is 78.8. The molecule has 0 bridgehead atoms. The van der Waals surface area contributed by atoms with Gasteiger partial charge < -0.3 is 39.7 Å². The van der Waals surface area contributed by atoms with Crippen LogP contribution in [0, 0.1) is 13.8 Å². The molecule has 2 aromatic carbocycles. The van der Waals surface area contributed by atoms with Crippen LogP contribution in [0.2, 0.25) is 0 Å². The number of hydrogen-bond donors (Lipinski definition) is 4. The van der Waals surface area contributed by atoms with E-state index in [9.17, 15) is 24.0 Å². The maximum absolute atomic E-state index is 13.9. The molecule has 6 N–H and O–H groups in total. The van der Waals surface area contributed by atoms with Gasteiger partial charge in [-0.25, -0.2) is 14.8 Å². The maximum Gasteiger partial charge on any atom is 0.410 e. The number of methoxy groups -OCH3 is 1. The Morgan fingerprint density at radius 1 is 0.667 bits per heavy atom. The molecule has 0 aliphatic carbocycles. The highest BCUT2D eigenvalue weighted by atomic mass is 16.6. The van der Waals surface area contributed by atoms with E-state index in [1.165, 1.54) is 13.2 Å². The minimum atomic E-state index is -0.671. The van der Waals surface area contributed by atoms with Crippen molar-refractivity contribution < 1.29 is 38.2 Å². The molecule has 0 radical (unpaired) electrons. The number of nitrogens with zero attached hydrogens (tertiary/aromatic N) is 10. The average molecular weight is 951 g/mol. The molecule has 6 aromatic rings. The van der Waals surface area contributed by atoms with Crippen LogP contribution in [0.5, 0.6) is 11.5 Å². The molecule has 0 saturated carbocycles. The van der Waals surface area contributed by atoms with Crippen molar-refractivity contribution in [1.29, 1.82) is 0 Å². The molecular weight excluding hydrogens is 889 g/mol. The standard InChI is InChI=1S/C47H62N14O8/c1-9-60-34(22-28(3)54-60)42(64)52-44-50-32-24-30(40(48)62)26-36(67-8)38(32)58(44)15-11-12-16-59-39-33(51-45(59)53-43(65)35-23-29(4)55-61(35)10-2)25-31(41(49)63)27-37(39)68-21-13-14-56-17-19-57(20-18-56)46(66)69-47(5,6)7/h22-27H,9-21H2,1-8H3,(H2,48,62)(H2,49,63)(H,50,52,64)(H,51,53,65). The summed E-state index contributed by atoms with van der Waals surface area (Å²) >= 11 is 0. The summed E-state index contributed by atoms with van der Waals surface area (Å²) in [6.07, 6.45) is 1.32. The first-order valence-corrected chi connectivity index (χ1v) is 23.1. The van der Waals surface area contributed by atoms with Crippen LogP contribution in [0.15, 0.2) is 36.4 Å². The van der Waals surface area contributed by atoms with Gasteiger partial charge in [-0.15, -0.1) is 0 Å². The van der Waals surface area contributed by atoms with Gasteiger partial charge in [-0.3, -0.25) is 44.1 Å². The van der Waals surface area contributed by atoms with Crippen molar-refractivity contribution in [2.24, 2.45) is 11.5 Å². The normalized spacial score (nSPS) is 13.2. The Kier molecular flexibility index (Phi) is 14.9. The molecule has 1 fully saturated rings. The molecule has 5 amide bonds. The Hall–Kier alpha value is -7.49. The minimum absolute atomic E-state index is 0.185. The number of fused-ring (bicyclic) bond motifs is 2. The topological polar surface area (TPSA) is 267 Å². The number of carbonyl (C=O) groups excluding carboxylic acids is 5. The monoisotopic (exact) mass is 950 g/mol. The average Bonchev–Trinajstić information content (AvgIpc) is 4.07. The molecule has 1 aliphatic rings. The molecule has 368 valence electrons. The number of hydrogen-bond acceptors (Lipinski definition) is 13. The third kappa shape index (κ3) is 11.3. The van der Waals surface area contributed by atoms with E-state index in [0.717, 1.165) is 0 Å². The molecule has 7 rings (SSSR count). The van der Waals surface area contributed by atoms with Crippen molar-refractivity contribution in [3.8, 4) is 11.5 Å². The van der Waals surface area contributed by atoms with Crippen LogP contribution in [-0.2, 0) is 30.9 Å². The van der Waals surface area contributed by atoms with Gasteiger partial charge in [-0.2, -0.15) is 10.2 Å². The highest BCUT2D eigenvalue weighted by Gasteiger charge is 2.27. The van der Waals surface area contributed by atoms with Crippen molar-refractivity contribution in [1.82, 2.24) is 48.5 Å². The molecule has 22 nitrogen and oxygen atoms in total. The van der Waals surface area contributed by atoms with Gasteiger partial charge >= 0.3 is 6.09 Å². The molecule has 0 atom stereocenters. The lowest BCUT2D eigenvalue weighted by Crippen LogP contribution is -2.50. The summed E-state index contributed by atoms with van der Waals surface area (Å²) in [5.74, 6) is -1.04. The molecule has 69 heavy (non-hydrogen) atoms. The van der Waals surface area contributed by atoms with Crippen LogP contribution in [0.25, 0.3) is 22.1 Å². The molecule has 4 aromatic heterocycles. The third-order valence-corrected chi connectivity index (χ3v) is 11.6. The van der Waals surface area contributed by atoms with E-state index in [1.807, 2.05) is 57.6 Å². The fourth-order valence-corrected chi connectivity index (χ4v) is 8.40. The predicted octanol–water partition coefficient (Wildman–Crippen LogP) is 4.95. The van der Waals surface area contributed by atoms with E-state index < -0.39 is 29.2 Å². The number of carbonyl (C=O) groups is 5. The zero-order valence-corrected chi connectivity index (χ0v) is 40.5. The van der Waals surface area contributed by atoms with Gasteiger partial charge in [0.1, 0.15) is 39.5 Å². The third-order valence-electron chi connectivity index (χ3n) is 11.6. The van der Waals surface area contributed by atoms with E-state index in [0.29, 0.717) is 135 Å². The van der Waals surface area contributed by atoms with E-state index in [4.69, 9.17) is 35.6 Å². The van der Waals surface area contributed by atoms with Crippen LogP contribution in [-0.4, -0.2) is 130 Å². The number of amides is 5. The molecule has 1 saturated heterocycles. The van der Waals surface area contributed by atoms with Crippen molar-refractivity contribution in [2.75, 3.05) is 57.1 Å². The summed E-state index contributed by atoms with van der Waals surface area (Å²) in [5.41, 5.74) is 15.2. The lowest BCUT2D eigenvalue weighted by Gasteiger charge is -2.35. The Morgan fingerprint density at radius 2 is 1.14 bits per heavy atom. The molecule has 22 heteroatoms. The van der Waals surface area contributed by atoms with Gasteiger partial charge in [0.2, 0.25) is 23.7 Å². The fourth-order valence-electron chi connectivity index (χ4n) is 8.40. The van der Waals surface area contributed by atoms with Gasteiger partial charge in [0, 0.05) is 70.0 Å². The van der Waals surface area contributed by atoms with Gasteiger partial charge in [0.15, 0.2) is 0 Å². The van der Waals surface area contributed by atoms with E-state index in [-0.39, 0.29) is 35.7 Å². The highest BCUT2D eigenvalue weighted by molar-refractivity contribution is 6.05. The van der Waals surface area contributed by atoms with Crippen molar-refractivity contribution in [3.63, 3.8) is 0 Å². The number of anilines is 2. The number of aromatic nitrogens is 8. The number of ether oxygens (including phenoxy) is 3.